The standard InChI is InChI=1S/C17H25F3N4O/c1-12(2)14(24-9-5-6-10-24)11-22-16(21)23-13-7-3-4-8-15(13)25-17(18,19)20/h3-4,7-8,12,14H,5-6,9-11H2,1-2H3,(H3,21,22,23). The summed E-state index contributed by atoms with van der Waals surface area (Å²) in [7, 11) is 0. The van der Waals surface area contributed by atoms with E-state index in [1.54, 1.807) is 6.07 Å². The Morgan fingerprint density at radius 1 is 1.28 bits per heavy atom. The zero-order chi connectivity index (χ0) is 18.4. The molecule has 1 unspecified atom stereocenters. The van der Waals surface area contributed by atoms with Crippen LogP contribution in [0.2, 0.25) is 0 Å². The predicted molar refractivity (Wildman–Crippen MR) is 92.7 cm³/mol. The summed E-state index contributed by atoms with van der Waals surface area (Å²) in [6.45, 7) is 6.86. The molecule has 0 saturated carbocycles. The third-order valence-electron chi connectivity index (χ3n) is 4.20. The number of guanidine groups is 1. The number of benzene rings is 1. The van der Waals surface area contributed by atoms with Gasteiger partial charge in [0.05, 0.1) is 12.2 Å². The molecule has 25 heavy (non-hydrogen) atoms. The maximum Gasteiger partial charge on any atom is 0.573 e. The number of aliphatic imine (C=N–C) groups is 1. The molecule has 1 fully saturated rings. The van der Waals surface area contributed by atoms with E-state index in [9.17, 15) is 13.2 Å². The highest BCUT2D eigenvalue weighted by Crippen LogP contribution is 2.29. The van der Waals surface area contributed by atoms with Crippen LogP contribution < -0.4 is 15.8 Å². The molecule has 3 N–H and O–H groups in total. The first-order valence-electron chi connectivity index (χ1n) is 8.42. The monoisotopic (exact) mass is 358 g/mol. The second kappa shape index (κ2) is 8.42. The lowest BCUT2D eigenvalue weighted by atomic mass is 10.0. The van der Waals surface area contributed by atoms with Crippen molar-refractivity contribution in [2.24, 2.45) is 16.6 Å². The highest BCUT2D eigenvalue weighted by atomic mass is 19.4. The summed E-state index contributed by atoms with van der Waals surface area (Å²) >= 11 is 0. The van der Waals surface area contributed by atoms with Gasteiger partial charge in [0.25, 0.3) is 0 Å². The second-order valence-electron chi connectivity index (χ2n) is 6.45. The second-order valence-corrected chi connectivity index (χ2v) is 6.45. The van der Waals surface area contributed by atoms with Crippen molar-refractivity contribution < 1.29 is 17.9 Å². The Morgan fingerprint density at radius 2 is 1.92 bits per heavy atom. The van der Waals surface area contributed by atoms with Crippen LogP contribution in [0.15, 0.2) is 29.3 Å². The fourth-order valence-corrected chi connectivity index (χ4v) is 2.97. The van der Waals surface area contributed by atoms with E-state index in [-0.39, 0.29) is 23.4 Å². The first-order valence-corrected chi connectivity index (χ1v) is 8.42. The number of para-hydroxylation sites is 2. The number of ether oxygens (including phenoxy) is 1. The van der Waals surface area contributed by atoms with Crippen molar-refractivity contribution in [1.29, 1.82) is 0 Å². The van der Waals surface area contributed by atoms with Gasteiger partial charge in [0.15, 0.2) is 11.7 Å². The van der Waals surface area contributed by atoms with E-state index >= 15 is 0 Å². The molecule has 1 aliphatic heterocycles. The van der Waals surface area contributed by atoms with E-state index in [0.717, 1.165) is 13.1 Å². The Labute approximate surface area is 146 Å². The Hall–Kier alpha value is -1.96. The number of anilines is 1. The van der Waals surface area contributed by atoms with Crippen LogP contribution in [0.3, 0.4) is 0 Å². The molecule has 1 aromatic rings. The molecule has 1 aromatic carbocycles. The summed E-state index contributed by atoms with van der Waals surface area (Å²) in [6.07, 6.45) is -2.40. The predicted octanol–water partition coefficient (Wildman–Crippen LogP) is 3.43. The summed E-state index contributed by atoms with van der Waals surface area (Å²) < 4.78 is 41.4. The molecule has 8 heteroatoms. The van der Waals surface area contributed by atoms with Gasteiger partial charge in [-0.25, -0.2) is 0 Å². The van der Waals surface area contributed by atoms with Crippen molar-refractivity contribution in [3.63, 3.8) is 0 Å². The Morgan fingerprint density at radius 3 is 2.52 bits per heavy atom. The third kappa shape index (κ3) is 6.12. The van der Waals surface area contributed by atoms with Gasteiger partial charge in [-0.1, -0.05) is 26.0 Å². The number of nitrogens with one attached hydrogen (secondary N) is 1. The molecule has 5 nitrogen and oxygen atoms in total. The number of halogens is 3. The number of nitrogens with zero attached hydrogens (tertiary/aromatic N) is 2. The van der Waals surface area contributed by atoms with Crippen LogP contribution in [0.5, 0.6) is 5.75 Å². The maximum absolute atomic E-state index is 12.5. The molecule has 1 aliphatic rings. The molecule has 0 amide bonds. The van der Waals surface area contributed by atoms with Crippen molar-refractivity contribution in [2.45, 2.75) is 39.1 Å². The summed E-state index contributed by atoms with van der Waals surface area (Å²) in [5.74, 6) is 0.145. The molecular weight excluding hydrogens is 333 g/mol. The molecule has 0 aliphatic carbocycles. The normalized spacial score (nSPS) is 17.8. The van der Waals surface area contributed by atoms with Gasteiger partial charge < -0.3 is 15.8 Å². The number of likely N-dealkylation sites (tertiary alicyclic amines) is 1. The lowest BCUT2D eigenvalue weighted by Gasteiger charge is -2.29. The molecule has 1 saturated heterocycles. The average molecular weight is 358 g/mol. The van der Waals surface area contributed by atoms with Gasteiger partial charge in [0.2, 0.25) is 0 Å². The van der Waals surface area contributed by atoms with E-state index in [1.165, 1.54) is 31.0 Å². The van der Waals surface area contributed by atoms with Crippen LogP contribution in [0.25, 0.3) is 0 Å². The first kappa shape index (κ1) is 19.4. The van der Waals surface area contributed by atoms with Gasteiger partial charge in [0, 0.05) is 6.04 Å². The van der Waals surface area contributed by atoms with Crippen molar-refractivity contribution in [3.05, 3.63) is 24.3 Å². The quantitative estimate of drug-likeness (QED) is 0.604. The zero-order valence-electron chi connectivity index (χ0n) is 14.5. The fraction of sp³-hybridized carbons (Fsp3) is 0.588. The largest absolute Gasteiger partial charge is 0.573 e. The van der Waals surface area contributed by atoms with Gasteiger partial charge >= 0.3 is 6.36 Å². The van der Waals surface area contributed by atoms with Crippen molar-refractivity contribution in [3.8, 4) is 5.75 Å². The van der Waals surface area contributed by atoms with Crippen LogP contribution in [0.1, 0.15) is 26.7 Å². The van der Waals surface area contributed by atoms with Crippen molar-refractivity contribution in [2.75, 3.05) is 25.0 Å². The summed E-state index contributed by atoms with van der Waals surface area (Å²) in [4.78, 5) is 6.72. The van der Waals surface area contributed by atoms with Crippen molar-refractivity contribution in [1.82, 2.24) is 4.90 Å². The molecule has 140 valence electrons. The van der Waals surface area contributed by atoms with Crippen LogP contribution in [-0.2, 0) is 0 Å². The summed E-state index contributed by atoms with van der Waals surface area (Å²) in [5.41, 5.74) is 6.00. The van der Waals surface area contributed by atoms with Gasteiger partial charge in [-0.05, 0) is 44.0 Å². The minimum absolute atomic E-state index is 0.0723. The van der Waals surface area contributed by atoms with Crippen LogP contribution >= 0.6 is 0 Å². The van der Waals surface area contributed by atoms with Crippen molar-refractivity contribution >= 4 is 11.6 Å². The van der Waals surface area contributed by atoms with Gasteiger partial charge in [-0.2, -0.15) is 0 Å². The van der Waals surface area contributed by atoms with Gasteiger partial charge in [-0.3, -0.25) is 9.89 Å². The number of nitrogens with two attached hydrogens (primary N) is 1. The molecule has 0 aromatic heterocycles. The van der Waals surface area contributed by atoms with E-state index < -0.39 is 6.36 Å². The Kier molecular flexibility index (Phi) is 6.52. The SMILES string of the molecule is CC(C)C(CN=C(N)Nc1ccccc1OC(F)(F)F)N1CCCC1. The average Bonchev–Trinajstić information content (AvgIpc) is 3.02. The lowest BCUT2D eigenvalue weighted by molar-refractivity contribution is -0.274. The Bertz CT molecular complexity index is 584. The highest BCUT2D eigenvalue weighted by Gasteiger charge is 2.32. The number of alkyl halides is 3. The third-order valence-corrected chi connectivity index (χ3v) is 4.20. The molecule has 0 radical (unpaired) electrons. The molecule has 1 atom stereocenters. The summed E-state index contributed by atoms with van der Waals surface area (Å²) in [6, 6.07) is 6.01. The molecule has 1 heterocycles. The van der Waals surface area contributed by atoms with E-state index in [2.05, 4.69) is 33.8 Å². The molecule has 0 bridgehead atoms. The first-order chi connectivity index (χ1) is 11.8. The zero-order valence-corrected chi connectivity index (χ0v) is 14.5. The van der Waals surface area contributed by atoms with E-state index in [4.69, 9.17) is 5.73 Å². The van der Waals surface area contributed by atoms with Gasteiger partial charge in [-0.15, -0.1) is 13.2 Å². The topological polar surface area (TPSA) is 62.9 Å². The number of rotatable bonds is 6. The summed E-state index contributed by atoms with van der Waals surface area (Å²) in [5, 5.41) is 2.70. The van der Waals surface area contributed by atoms with Crippen LogP contribution in [0, 0.1) is 5.92 Å². The molecular formula is C17H25F3N4O. The van der Waals surface area contributed by atoms with E-state index in [1.807, 2.05) is 0 Å². The maximum atomic E-state index is 12.5. The van der Waals surface area contributed by atoms with Crippen LogP contribution in [0.4, 0.5) is 18.9 Å². The number of hydrogen-bond acceptors (Lipinski definition) is 3. The smallest absolute Gasteiger partial charge is 0.404 e. The minimum Gasteiger partial charge on any atom is -0.404 e. The highest BCUT2D eigenvalue weighted by molar-refractivity contribution is 5.93. The Balaban J connectivity index is 2.03. The van der Waals surface area contributed by atoms with Crippen LogP contribution in [-0.4, -0.2) is 42.9 Å². The number of hydrogen-bond donors (Lipinski definition) is 2. The fourth-order valence-electron chi connectivity index (χ4n) is 2.97. The van der Waals surface area contributed by atoms with E-state index in [0.29, 0.717) is 12.5 Å². The molecule has 2 rings (SSSR count). The minimum atomic E-state index is -4.76. The lowest BCUT2D eigenvalue weighted by Crippen LogP contribution is -2.40. The molecule has 0 spiro atoms. The van der Waals surface area contributed by atoms with Gasteiger partial charge in [0.1, 0.15) is 0 Å².